The van der Waals surface area contributed by atoms with E-state index in [4.69, 9.17) is 5.73 Å². The van der Waals surface area contributed by atoms with Gasteiger partial charge in [-0.15, -0.1) is 0 Å². The molecule has 1 aromatic carbocycles. The van der Waals surface area contributed by atoms with Crippen LogP contribution in [0.15, 0.2) is 18.2 Å². The normalized spacial score (nSPS) is 19.9. The summed E-state index contributed by atoms with van der Waals surface area (Å²) in [5, 5.41) is 0. The van der Waals surface area contributed by atoms with Gasteiger partial charge in [-0.05, 0) is 54.9 Å². The van der Waals surface area contributed by atoms with Crippen molar-refractivity contribution < 1.29 is 4.39 Å². The first-order valence-electron chi connectivity index (χ1n) is 7.70. The summed E-state index contributed by atoms with van der Waals surface area (Å²) in [6.07, 6.45) is 4.04. The summed E-state index contributed by atoms with van der Waals surface area (Å²) in [5.74, 6) is -0.163. The summed E-state index contributed by atoms with van der Waals surface area (Å²) < 4.78 is 13.5. The fourth-order valence-corrected chi connectivity index (χ4v) is 2.81. The van der Waals surface area contributed by atoms with Crippen molar-refractivity contribution in [2.24, 2.45) is 11.1 Å². The third kappa shape index (κ3) is 3.72. The van der Waals surface area contributed by atoms with Gasteiger partial charge in [0.2, 0.25) is 0 Å². The molecule has 20 heavy (non-hydrogen) atoms. The zero-order chi connectivity index (χ0) is 14.8. The Hall–Kier alpha value is -1.09. The number of hydrogen-bond donors (Lipinski definition) is 1. The van der Waals surface area contributed by atoms with Crippen molar-refractivity contribution in [3.05, 3.63) is 29.6 Å². The van der Waals surface area contributed by atoms with Gasteiger partial charge in [0.15, 0.2) is 0 Å². The van der Waals surface area contributed by atoms with Gasteiger partial charge in [0.05, 0.1) is 0 Å². The number of piperidine rings is 1. The van der Waals surface area contributed by atoms with Gasteiger partial charge in [0.25, 0.3) is 0 Å². The Labute approximate surface area is 122 Å². The Morgan fingerprint density at radius 2 is 1.95 bits per heavy atom. The Morgan fingerprint density at radius 3 is 2.55 bits per heavy atom. The summed E-state index contributed by atoms with van der Waals surface area (Å²) in [4.78, 5) is 2.39. The molecule has 0 amide bonds. The van der Waals surface area contributed by atoms with E-state index in [0.717, 1.165) is 31.5 Å². The van der Waals surface area contributed by atoms with E-state index in [9.17, 15) is 4.39 Å². The Morgan fingerprint density at radius 1 is 1.30 bits per heavy atom. The summed E-state index contributed by atoms with van der Waals surface area (Å²) >= 11 is 0. The number of benzene rings is 1. The van der Waals surface area contributed by atoms with Crippen LogP contribution in [0, 0.1) is 11.2 Å². The number of nitrogens with zero attached hydrogens (tertiary/aromatic N) is 1. The molecule has 0 aliphatic carbocycles. The van der Waals surface area contributed by atoms with E-state index in [2.05, 4.69) is 25.7 Å². The third-order valence-corrected chi connectivity index (χ3v) is 4.51. The zero-order valence-corrected chi connectivity index (χ0v) is 13.0. The Balaban J connectivity index is 2.18. The van der Waals surface area contributed by atoms with Crippen LogP contribution in [-0.2, 0) is 6.42 Å². The second kappa shape index (κ2) is 6.13. The van der Waals surface area contributed by atoms with Crippen LogP contribution in [0.4, 0.5) is 10.1 Å². The fraction of sp³-hybridized carbons (Fsp3) is 0.647. The molecule has 1 aromatic rings. The number of rotatable bonds is 4. The first-order chi connectivity index (χ1) is 9.41. The molecule has 112 valence electrons. The van der Waals surface area contributed by atoms with Crippen molar-refractivity contribution in [3.8, 4) is 0 Å². The van der Waals surface area contributed by atoms with Gasteiger partial charge < -0.3 is 10.6 Å². The quantitative estimate of drug-likeness (QED) is 0.909. The molecule has 0 spiro atoms. The highest BCUT2D eigenvalue weighted by Crippen LogP contribution is 2.34. The standard InChI is InChI=1S/C17H27FN2/c1-4-15(19)12-13-11-14(18)5-6-16(13)20-9-7-17(2,3)8-10-20/h5-6,11,15H,4,7-10,12,19H2,1-3H3. The highest BCUT2D eigenvalue weighted by molar-refractivity contribution is 5.54. The molecule has 0 aromatic heterocycles. The van der Waals surface area contributed by atoms with Gasteiger partial charge >= 0.3 is 0 Å². The van der Waals surface area contributed by atoms with Crippen LogP contribution in [0.5, 0.6) is 0 Å². The van der Waals surface area contributed by atoms with Crippen LogP contribution in [0.3, 0.4) is 0 Å². The monoisotopic (exact) mass is 278 g/mol. The van der Waals surface area contributed by atoms with Gasteiger partial charge in [-0.2, -0.15) is 0 Å². The van der Waals surface area contributed by atoms with Crippen LogP contribution in [0.2, 0.25) is 0 Å². The van der Waals surface area contributed by atoms with Gasteiger partial charge in [-0.25, -0.2) is 4.39 Å². The lowest BCUT2D eigenvalue weighted by Crippen LogP contribution is -2.38. The van der Waals surface area contributed by atoms with Gasteiger partial charge in [-0.1, -0.05) is 20.8 Å². The summed E-state index contributed by atoms with van der Waals surface area (Å²) in [6.45, 7) is 8.82. The summed E-state index contributed by atoms with van der Waals surface area (Å²) in [7, 11) is 0. The van der Waals surface area contributed by atoms with Crippen LogP contribution in [-0.4, -0.2) is 19.1 Å². The molecule has 1 heterocycles. The number of nitrogens with two attached hydrogens (primary N) is 1. The van der Waals surface area contributed by atoms with E-state index in [0.29, 0.717) is 5.41 Å². The van der Waals surface area contributed by atoms with E-state index in [-0.39, 0.29) is 11.9 Å². The zero-order valence-electron chi connectivity index (χ0n) is 13.0. The molecule has 1 unspecified atom stereocenters. The van der Waals surface area contributed by atoms with Crippen LogP contribution < -0.4 is 10.6 Å². The largest absolute Gasteiger partial charge is 0.371 e. The fourth-order valence-electron chi connectivity index (χ4n) is 2.81. The van der Waals surface area contributed by atoms with Gasteiger partial charge in [0, 0.05) is 24.8 Å². The highest BCUT2D eigenvalue weighted by atomic mass is 19.1. The van der Waals surface area contributed by atoms with Crippen LogP contribution in [0.25, 0.3) is 0 Å². The lowest BCUT2D eigenvalue weighted by molar-refractivity contribution is 0.279. The number of halogens is 1. The van der Waals surface area contributed by atoms with E-state index in [1.807, 2.05) is 6.07 Å². The molecule has 2 rings (SSSR count). The third-order valence-electron chi connectivity index (χ3n) is 4.51. The predicted molar refractivity (Wildman–Crippen MR) is 83.6 cm³/mol. The minimum Gasteiger partial charge on any atom is -0.371 e. The lowest BCUT2D eigenvalue weighted by Gasteiger charge is -2.39. The van der Waals surface area contributed by atoms with E-state index in [1.54, 1.807) is 12.1 Å². The molecule has 0 bridgehead atoms. The Bertz CT molecular complexity index is 446. The van der Waals surface area contributed by atoms with E-state index in [1.165, 1.54) is 18.5 Å². The molecular weight excluding hydrogens is 251 g/mol. The molecule has 1 fully saturated rings. The molecule has 1 atom stereocenters. The van der Waals surface area contributed by atoms with Crippen LogP contribution in [0.1, 0.15) is 45.6 Å². The van der Waals surface area contributed by atoms with Crippen molar-refractivity contribution in [1.29, 1.82) is 0 Å². The molecule has 3 heteroatoms. The summed E-state index contributed by atoms with van der Waals surface area (Å²) in [6, 6.07) is 5.25. The number of hydrogen-bond acceptors (Lipinski definition) is 2. The topological polar surface area (TPSA) is 29.3 Å². The van der Waals surface area contributed by atoms with Crippen molar-refractivity contribution in [2.75, 3.05) is 18.0 Å². The second-order valence-electron chi connectivity index (χ2n) is 6.80. The maximum Gasteiger partial charge on any atom is 0.123 e. The van der Waals surface area contributed by atoms with E-state index < -0.39 is 0 Å². The SMILES string of the molecule is CCC(N)Cc1cc(F)ccc1N1CCC(C)(C)CC1. The molecule has 2 N–H and O–H groups in total. The minimum atomic E-state index is -0.163. The molecule has 1 aliphatic rings. The minimum absolute atomic E-state index is 0.108. The molecular formula is C17H27FN2. The van der Waals surface area contributed by atoms with E-state index >= 15 is 0 Å². The first kappa shape index (κ1) is 15.3. The van der Waals surface area contributed by atoms with Crippen molar-refractivity contribution in [2.45, 2.75) is 52.5 Å². The molecule has 0 radical (unpaired) electrons. The molecule has 0 saturated carbocycles. The molecule has 1 saturated heterocycles. The average molecular weight is 278 g/mol. The number of anilines is 1. The maximum absolute atomic E-state index is 13.5. The smallest absolute Gasteiger partial charge is 0.123 e. The second-order valence-corrected chi connectivity index (χ2v) is 6.80. The first-order valence-corrected chi connectivity index (χ1v) is 7.70. The highest BCUT2D eigenvalue weighted by Gasteiger charge is 2.26. The average Bonchev–Trinajstić information content (AvgIpc) is 2.39. The van der Waals surface area contributed by atoms with Gasteiger partial charge in [0.1, 0.15) is 5.82 Å². The van der Waals surface area contributed by atoms with Crippen molar-refractivity contribution in [3.63, 3.8) is 0 Å². The molecule has 1 aliphatic heterocycles. The lowest BCUT2D eigenvalue weighted by atomic mass is 9.82. The van der Waals surface area contributed by atoms with Gasteiger partial charge in [-0.3, -0.25) is 0 Å². The van der Waals surface area contributed by atoms with Crippen molar-refractivity contribution >= 4 is 5.69 Å². The van der Waals surface area contributed by atoms with Crippen LogP contribution >= 0.6 is 0 Å². The maximum atomic E-state index is 13.5. The molecule has 2 nitrogen and oxygen atoms in total. The Kier molecular flexibility index (Phi) is 4.69. The predicted octanol–water partition coefficient (Wildman–Crippen LogP) is 3.73. The van der Waals surface area contributed by atoms with Crippen molar-refractivity contribution in [1.82, 2.24) is 0 Å². The summed E-state index contributed by atoms with van der Waals surface area (Å²) in [5.41, 5.74) is 8.71.